The second-order valence-corrected chi connectivity index (χ2v) is 4.01. The first-order valence-electron chi connectivity index (χ1n) is 5.24. The van der Waals surface area contributed by atoms with E-state index in [4.69, 9.17) is 0 Å². The molecule has 82 valence electrons. The molecule has 0 saturated heterocycles. The molecule has 0 aliphatic heterocycles. The molecule has 0 aliphatic carbocycles. The average molecular weight is 206 g/mol. The smallest absolute Gasteiger partial charge is 0.336 e. The maximum atomic E-state index is 11.2. The fourth-order valence-electron chi connectivity index (χ4n) is 2.26. The summed E-state index contributed by atoms with van der Waals surface area (Å²) < 4.78 is 0. The van der Waals surface area contributed by atoms with Gasteiger partial charge in [-0.25, -0.2) is 4.79 Å². The molecule has 1 rings (SSSR count). The van der Waals surface area contributed by atoms with Gasteiger partial charge in [-0.3, -0.25) is 0 Å². The fraction of sp³-hybridized carbons (Fsp3) is 0.462. The number of carboxylic acid groups (broad SMARTS) is 1. The third-order valence-corrected chi connectivity index (χ3v) is 3.35. The van der Waals surface area contributed by atoms with Crippen LogP contribution in [0.5, 0.6) is 0 Å². The Balaban J connectivity index is 3.68. The molecule has 1 N–H and O–H groups in total. The predicted molar refractivity (Wildman–Crippen MR) is 61.7 cm³/mol. The van der Waals surface area contributed by atoms with Gasteiger partial charge in [-0.1, -0.05) is 6.92 Å². The Morgan fingerprint density at radius 2 is 1.53 bits per heavy atom. The molecule has 1 aromatic rings. The topological polar surface area (TPSA) is 37.3 Å². The summed E-state index contributed by atoms with van der Waals surface area (Å²) in [5, 5.41) is 9.18. The predicted octanol–water partition coefficient (Wildman–Crippen LogP) is 3.18. The van der Waals surface area contributed by atoms with Crippen LogP contribution in [0.3, 0.4) is 0 Å². The molecule has 0 aliphatic rings. The molecule has 0 saturated carbocycles. The van der Waals surface area contributed by atoms with Gasteiger partial charge in [-0.15, -0.1) is 0 Å². The van der Waals surface area contributed by atoms with Crippen LogP contribution in [0.1, 0.15) is 45.1 Å². The number of hydrogen-bond acceptors (Lipinski definition) is 1. The molecule has 0 heterocycles. The maximum absolute atomic E-state index is 11.2. The summed E-state index contributed by atoms with van der Waals surface area (Å²) in [7, 11) is 0. The molecule has 0 radical (unpaired) electrons. The van der Waals surface area contributed by atoms with Gasteiger partial charge in [0.15, 0.2) is 0 Å². The second-order valence-electron chi connectivity index (χ2n) is 4.01. The van der Waals surface area contributed by atoms with Gasteiger partial charge >= 0.3 is 5.97 Å². The largest absolute Gasteiger partial charge is 0.478 e. The molecule has 2 nitrogen and oxygen atoms in total. The fourth-order valence-corrected chi connectivity index (χ4v) is 2.26. The van der Waals surface area contributed by atoms with E-state index in [0.717, 1.165) is 23.1 Å². The van der Waals surface area contributed by atoms with Crippen LogP contribution in [0.15, 0.2) is 0 Å². The van der Waals surface area contributed by atoms with Crippen LogP contribution >= 0.6 is 0 Å². The van der Waals surface area contributed by atoms with E-state index in [9.17, 15) is 9.90 Å². The third-order valence-electron chi connectivity index (χ3n) is 3.35. The van der Waals surface area contributed by atoms with Crippen molar-refractivity contribution >= 4 is 5.97 Å². The Kier molecular flexibility index (Phi) is 3.18. The van der Waals surface area contributed by atoms with E-state index < -0.39 is 5.97 Å². The van der Waals surface area contributed by atoms with Crippen LogP contribution in [-0.2, 0) is 6.42 Å². The molecule has 0 bridgehead atoms. The molecule has 0 unspecified atom stereocenters. The lowest BCUT2D eigenvalue weighted by molar-refractivity contribution is 0.0695. The lowest BCUT2D eigenvalue weighted by atomic mass is 9.88. The van der Waals surface area contributed by atoms with Crippen LogP contribution < -0.4 is 0 Å². The zero-order valence-electron chi connectivity index (χ0n) is 10.1. The normalized spacial score (nSPS) is 10.5. The molecule has 0 atom stereocenters. The SMILES string of the molecule is CCc1c(C)c(C)c(C)c(C(=O)O)c1C. The number of carbonyl (C=O) groups is 1. The summed E-state index contributed by atoms with van der Waals surface area (Å²) in [6.07, 6.45) is 0.888. The lowest BCUT2D eigenvalue weighted by Crippen LogP contribution is -2.09. The third kappa shape index (κ3) is 1.76. The quantitative estimate of drug-likeness (QED) is 0.807. The minimum Gasteiger partial charge on any atom is -0.478 e. The number of rotatable bonds is 2. The summed E-state index contributed by atoms with van der Waals surface area (Å²) in [5.74, 6) is -0.817. The summed E-state index contributed by atoms with van der Waals surface area (Å²) >= 11 is 0. The van der Waals surface area contributed by atoms with E-state index in [-0.39, 0.29) is 0 Å². The summed E-state index contributed by atoms with van der Waals surface area (Å²) in [4.78, 5) is 11.2. The Labute approximate surface area is 90.9 Å². The standard InChI is InChI=1S/C13H18O2/c1-6-11-8(3)7(2)9(4)12(10(11)5)13(14)15/h6H2,1-5H3,(H,14,15). The highest BCUT2D eigenvalue weighted by Crippen LogP contribution is 2.26. The van der Waals surface area contributed by atoms with Gasteiger partial charge in [0.05, 0.1) is 5.56 Å². The van der Waals surface area contributed by atoms with Crippen molar-refractivity contribution < 1.29 is 9.90 Å². The molecule has 0 aromatic heterocycles. The highest BCUT2D eigenvalue weighted by molar-refractivity contribution is 5.92. The van der Waals surface area contributed by atoms with Gasteiger partial charge in [0.2, 0.25) is 0 Å². The van der Waals surface area contributed by atoms with Gasteiger partial charge in [-0.2, -0.15) is 0 Å². The van der Waals surface area contributed by atoms with Gasteiger partial charge in [0, 0.05) is 0 Å². The van der Waals surface area contributed by atoms with Crippen LogP contribution in [0.2, 0.25) is 0 Å². The van der Waals surface area contributed by atoms with Gasteiger partial charge in [0.25, 0.3) is 0 Å². The lowest BCUT2D eigenvalue weighted by Gasteiger charge is -2.17. The van der Waals surface area contributed by atoms with Crippen molar-refractivity contribution in [2.75, 3.05) is 0 Å². The van der Waals surface area contributed by atoms with E-state index in [1.165, 1.54) is 11.1 Å². The summed E-state index contributed by atoms with van der Waals surface area (Å²) in [6.45, 7) is 9.92. The highest BCUT2D eigenvalue weighted by atomic mass is 16.4. The summed E-state index contributed by atoms with van der Waals surface area (Å²) in [6, 6.07) is 0. The van der Waals surface area contributed by atoms with E-state index in [0.29, 0.717) is 5.56 Å². The molecule has 2 heteroatoms. The van der Waals surface area contributed by atoms with E-state index in [1.54, 1.807) is 0 Å². The first-order chi connectivity index (χ1) is 6.91. The van der Waals surface area contributed by atoms with E-state index in [1.807, 2.05) is 20.8 Å². The Bertz CT molecular complexity index is 417. The van der Waals surface area contributed by atoms with E-state index in [2.05, 4.69) is 13.8 Å². The number of benzene rings is 1. The van der Waals surface area contributed by atoms with Crippen LogP contribution in [0.4, 0.5) is 0 Å². The zero-order chi connectivity index (χ0) is 11.7. The van der Waals surface area contributed by atoms with Crippen molar-refractivity contribution in [3.8, 4) is 0 Å². The molecule has 0 amide bonds. The molecule has 1 aromatic carbocycles. The van der Waals surface area contributed by atoms with Gasteiger partial charge in [0.1, 0.15) is 0 Å². The molecule has 0 fully saturated rings. The van der Waals surface area contributed by atoms with Crippen molar-refractivity contribution in [2.45, 2.75) is 41.0 Å². The minimum absolute atomic E-state index is 0.481. The molecule has 15 heavy (non-hydrogen) atoms. The zero-order valence-corrected chi connectivity index (χ0v) is 10.1. The van der Waals surface area contributed by atoms with Crippen molar-refractivity contribution in [3.63, 3.8) is 0 Å². The maximum Gasteiger partial charge on any atom is 0.336 e. The van der Waals surface area contributed by atoms with Crippen molar-refractivity contribution in [1.82, 2.24) is 0 Å². The van der Waals surface area contributed by atoms with Gasteiger partial charge < -0.3 is 5.11 Å². The van der Waals surface area contributed by atoms with Crippen LogP contribution in [0.25, 0.3) is 0 Å². The van der Waals surface area contributed by atoms with Crippen molar-refractivity contribution in [1.29, 1.82) is 0 Å². The molecular weight excluding hydrogens is 188 g/mol. The summed E-state index contributed by atoms with van der Waals surface area (Å²) in [5.41, 5.74) is 5.82. The number of aromatic carboxylic acids is 1. The van der Waals surface area contributed by atoms with Crippen LogP contribution in [0, 0.1) is 27.7 Å². The van der Waals surface area contributed by atoms with Crippen LogP contribution in [-0.4, -0.2) is 11.1 Å². The number of hydrogen-bond donors (Lipinski definition) is 1. The number of carboxylic acids is 1. The van der Waals surface area contributed by atoms with Crippen molar-refractivity contribution in [2.24, 2.45) is 0 Å². The minimum atomic E-state index is -0.817. The Morgan fingerprint density at radius 3 is 1.93 bits per heavy atom. The Hall–Kier alpha value is -1.31. The average Bonchev–Trinajstić information content (AvgIpc) is 2.15. The molecule has 0 spiro atoms. The first-order valence-corrected chi connectivity index (χ1v) is 5.24. The van der Waals surface area contributed by atoms with Gasteiger partial charge in [-0.05, 0) is 61.9 Å². The Morgan fingerprint density at radius 1 is 1.00 bits per heavy atom. The molecular formula is C13H18O2. The monoisotopic (exact) mass is 206 g/mol. The van der Waals surface area contributed by atoms with E-state index >= 15 is 0 Å². The van der Waals surface area contributed by atoms with Crippen molar-refractivity contribution in [3.05, 3.63) is 33.4 Å². The second kappa shape index (κ2) is 4.05. The highest BCUT2D eigenvalue weighted by Gasteiger charge is 2.17. The first kappa shape index (κ1) is 11.8.